The monoisotopic (exact) mass is 264 g/mol. The molecule has 0 radical (unpaired) electrons. The van der Waals surface area contributed by atoms with E-state index in [4.69, 9.17) is 21.6 Å². The molecule has 0 heterocycles. The first-order chi connectivity index (χ1) is 8.65. The number of halogens is 1. The number of anilines is 1. The summed E-state index contributed by atoms with van der Waals surface area (Å²) in [6, 6.07) is 6.68. The second kappa shape index (κ2) is 5.28. The third kappa shape index (κ3) is 2.74. The summed E-state index contributed by atoms with van der Waals surface area (Å²) in [5.41, 5.74) is 1.14. The Morgan fingerprint density at radius 1 is 1.61 bits per heavy atom. The van der Waals surface area contributed by atoms with E-state index >= 15 is 0 Å². The van der Waals surface area contributed by atoms with Gasteiger partial charge in [-0.2, -0.15) is 5.26 Å². The van der Waals surface area contributed by atoms with Crippen molar-refractivity contribution in [2.45, 2.75) is 18.9 Å². The highest BCUT2D eigenvalue weighted by molar-refractivity contribution is 6.32. The molecule has 1 unspecified atom stereocenters. The Hall–Kier alpha value is -1.73. The van der Waals surface area contributed by atoms with E-state index < -0.39 is 0 Å². The zero-order valence-electron chi connectivity index (χ0n) is 9.94. The zero-order valence-corrected chi connectivity index (χ0v) is 10.7. The number of rotatable bonds is 4. The standard InChI is InChI=1S/C13H13ClN2O2/c1-18-13(17)12(8-2-3-8)16-10-5-4-9(7-15)11(14)6-10/h4-6,8,12,16H,2-3H2,1H3. The van der Waals surface area contributed by atoms with Gasteiger partial charge in [0.05, 0.1) is 17.7 Å². The highest BCUT2D eigenvalue weighted by Gasteiger charge is 2.37. The van der Waals surface area contributed by atoms with Crippen LogP contribution in [-0.2, 0) is 9.53 Å². The number of methoxy groups -OCH3 is 1. The maximum absolute atomic E-state index is 11.6. The summed E-state index contributed by atoms with van der Waals surface area (Å²) in [7, 11) is 1.38. The van der Waals surface area contributed by atoms with Gasteiger partial charge in [-0.05, 0) is 37.0 Å². The maximum atomic E-state index is 11.6. The van der Waals surface area contributed by atoms with Crippen LogP contribution in [0.3, 0.4) is 0 Å². The number of hydrogen-bond acceptors (Lipinski definition) is 4. The number of carbonyl (C=O) groups is 1. The smallest absolute Gasteiger partial charge is 0.328 e. The van der Waals surface area contributed by atoms with Crippen LogP contribution in [0.4, 0.5) is 5.69 Å². The summed E-state index contributed by atoms with van der Waals surface area (Å²) >= 11 is 5.94. The number of hydrogen-bond donors (Lipinski definition) is 1. The SMILES string of the molecule is COC(=O)C(Nc1ccc(C#N)c(Cl)c1)C1CC1. The molecule has 1 aromatic carbocycles. The topological polar surface area (TPSA) is 62.1 Å². The molecule has 5 heteroatoms. The number of esters is 1. The van der Waals surface area contributed by atoms with Gasteiger partial charge in [-0.1, -0.05) is 11.6 Å². The van der Waals surface area contributed by atoms with Crippen LogP contribution in [0, 0.1) is 17.2 Å². The van der Waals surface area contributed by atoms with Gasteiger partial charge in [0.25, 0.3) is 0 Å². The van der Waals surface area contributed by atoms with Gasteiger partial charge in [0.1, 0.15) is 12.1 Å². The molecule has 0 spiro atoms. The lowest BCUT2D eigenvalue weighted by Gasteiger charge is -2.17. The summed E-state index contributed by atoms with van der Waals surface area (Å²) in [6.07, 6.45) is 2.05. The number of nitrogens with one attached hydrogen (secondary N) is 1. The van der Waals surface area contributed by atoms with Crippen molar-refractivity contribution in [3.8, 4) is 6.07 Å². The second-order valence-corrected chi connectivity index (χ2v) is 4.70. The highest BCUT2D eigenvalue weighted by Crippen LogP contribution is 2.35. The van der Waals surface area contributed by atoms with E-state index in [0.29, 0.717) is 16.5 Å². The fraction of sp³-hybridized carbons (Fsp3) is 0.385. The Kier molecular flexibility index (Phi) is 3.73. The Morgan fingerprint density at radius 2 is 2.33 bits per heavy atom. The Morgan fingerprint density at radius 3 is 2.83 bits per heavy atom. The van der Waals surface area contributed by atoms with Crippen molar-refractivity contribution < 1.29 is 9.53 Å². The van der Waals surface area contributed by atoms with Crippen molar-refractivity contribution in [3.63, 3.8) is 0 Å². The minimum Gasteiger partial charge on any atom is -0.467 e. The molecule has 1 N–H and O–H groups in total. The molecule has 0 saturated heterocycles. The maximum Gasteiger partial charge on any atom is 0.328 e. The minimum absolute atomic E-state index is 0.266. The summed E-state index contributed by atoms with van der Waals surface area (Å²) in [5, 5.41) is 12.3. The summed E-state index contributed by atoms with van der Waals surface area (Å²) < 4.78 is 4.77. The van der Waals surface area contributed by atoms with E-state index in [1.165, 1.54) is 7.11 Å². The molecule has 1 aliphatic carbocycles. The molecule has 94 valence electrons. The van der Waals surface area contributed by atoms with Gasteiger partial charge in [0, 0.05) is 5.69 Å². The predicted molar refractivity (Wildman–Crippen MR) is 68.3 cm³/mol. The molecule has 1 aliphatic rings. The molecule has 0 amide bonds. The molecule has 4 nitrogen and oxygen atoms in total. The van der Waals surface area contributed by atoms with Crippen LogP contribution in [0.25, 0.3) is 0 Å². The first-order valence-corrected chi connectivity index (χ1v) is 6.07. The number of ether oxygens (including phenoxy) is 1. The number of nitrogens with zero attached hydrogens (tertiary/aromatic N) is 1. The third-order valence-electron chi connectivity index (χ3n) is 2.96. The molecule has 0 aromatic heterocycles. The van der Waals surface area contributed by atoms with Crippen molar-refractivity contribution >= 4 is 23.3 Å². The van der Waals surface area contributed by atoms with Crippen LogP contribution in [0.2, 0.25) is 5.02 Å². The summed E-state index contributed by atoms with van der Waals surface area (Å²) in [4.78, 5) is 11.6. The normalized spacial score (nSPS) is 15.6. The van der Waals surface area contributed by atoms with Crippen LogP contribution in [0.1, 0.15) is 18.4 Å². The Bertz CT molecular complexity index is 506. The van der Waals surface area contributed by atoms with Gasteiger partial charge < -0.3 is 10.1 Å². The van der Waals surface area contributed by atoms with Gasteiger partial charge >= 0.3 is 5.97 Å². The first kappa shape index (κ1) is 12.7. The number of nitriles is 1. The number of carbonyl (C=O) groups excluding carboxylic acids is 1. The van der Waals surface area contributed by atoms with Crippen molar-refractivity contribution in [2.24, 2.45) is 5.92 Å². The zero-order chi connectivity index (χ0) is 13.1. The lowest BCUT2D eigenvalue weighted by atomic mass is 10.1. The molecule has 0 bridgehead atoms. The average molecular weight is 265 g/mol. The molecule has 0 aliphatic heterocycles. The van der Waals surface area contributed by atoms with E-state index in [1.807, 2.05) is 6.07 Å². The fourth-order valence-corrected chi connectivity index (χ4v) is 2.02. The van der Waals surface area contributed by atoms with Crippen molar-refractivity contribution in [3.05, 3.63) is 28.8 Å². The minimum atomic E-state index is -0.334. The van der Waals surface area contributed by atoms with Gasteiger partial charge in [-0.25, -0.2) is 4.79 Å². The highest BCUT2D eigenvalue weighted by atomic mass is 35.5. The molecule has 1 atom stereocenters. The van der Waals surface area contributed by atoms with Gasteiger partial charge in [0.15, 0.2) is 0 Å². The van der Waals surface area contributed by atoms with E-state index in [0.717, 1.165) is 18.5 Å². The molecule has 18 heavy (non-hydrogen) atoms. The molecular weight excluding hydrogens is 252 g/mol. The van der Waals surface area contributed by atoms with Gasteiger partial charge in [-0.3, -0.25) is 0 Å². The van der Waals surface area contributed by atoms with Gasteiger partial charge in [0.2, 0.25) is 0 Å². The van der Waals surface area contributed by atoms with E-state index in [-0.39, 0.29) is 12.0 Å². The average Bonchev–Trinajstić information content (AvgIpc) is 3.19. The fourth-order valence-electron chi connectivity index (χ4n) is 1.80. The van der Waals surface area contributed by atoms with Crippen LogP contribution in [-0.4, -0.2) is 19.1 Å². The number of benzene rings is 1. The molecular formula is C13H13ClN2O2. The van der Waals surface area contributed by atoms with E-state index in [1.54, 1.807) is 18.2 Å². The van der Waals surface area contributed by atoms with Gasteiger partial charge in [-0.15, -0.1) is 0 Å². The largest absolute Gasteiger partial charge is 0.467 e. The van der Waals surface area contributed by atoms with Crippen molar-refractivity contribution in [2.75, 3.05) is 12.4 Å². The predicted octanol–water partition coefficient (Wildman–Crippen LogP) is 2.58. The Labute approximate surface area is 111 Å². The molecule has 1 saturated carbocycles. The third-order valence-corrected chi connectivity index (χ3v) is 3.27. The van der Waals surface area contributed by atoms with Crippen molar-refractivity contribution in [1.29, 1.82) is 5.26 Å². The molecule has 2 rings (SSSR count). The van der Waals surface area contributed by atoms with Crippen molar-refractivity contribution in [1.82, 2.24) is 0 Å². The van der Waals surface area contributed by atoms with Crippen LogP contribution in [0.5, 0.6) is 0 Å². The Balaban J connectivity index is 2.14. The first-order valence-electron chi connectivity index (χ1n) is 5.69. The van der Waals surface area contributed by atoms with E-state index in [2.05, 4.69) is 5.32 Å². The lowest BCUT2D eigenvalue weighted by Crippen LogP contribution is -2.32. The molecule has 1 aromatic rings. The quantitative estimate of drug-likeness (QED) is 0.849. The van der Waals surface area contributed by atoms with Crippen LogP contribution in [0.15, 0.2) is 18.2 Å². The second-order valence-electron chi connectivity index (χ2n) is 4.29. The molecule has 1 fully saturated rings. The lowest BCUT2D eigenvalue weighted by molar-refractivity contribution is -0.142. The van der Waals surface area contributed by atoms with E-state index in [9.17, 15) is 4.79 Å². The van der Waals surface area contributed by atoms with Crippen LogP contribution < -0.4 is 5.32 Å². The summed E-state index contributed by atoms with van der Waals surface area (Å²) in [5.74, 6) is 0.0600. The van der Waals surface area contributed by atoms with Crippen LogP contribution >= 0.6 is 11.6 Å². The summed E-state index contributed by atoms with van der Waals surface area (Å²) in [6.45, 7) is 0.